The number of aliphatic hydroxyl groups is 2. The van der Waals surface area contributed by atoms with Gasteiger partial charge in [0.1, 0.15) is 28.8 Å². The lowest BCUT2D eigenvalue weighted by molar-refractivity contribution is 0.0521. The van der Waals surface area contributed by atoms with Crippen LogP contribution in [0.25, 0.3) is 11.3 Å². The van der Waals surface area contributed by atoms with Crippen LogP contribution < -0.4 is 11.1 Å². The van der Waals surface area contributed by atoms with Crippen molar-refractivity contribution in [1.29, 1.82) is 0 Å². The molecular formula is C27H29F3N4O3. The van der Waals surface area contributed by atoms with Crippen LogP contribution in [0, 0.1) is 23.4 Å². The van der Waals surface area contributed by atoms with Gasteiger partial charge in [0.25, 0.3) is 5.91 Å². The first-order valence-corrected chi connectivity index (χ1v) is 11.9. The Labute approximate surface area is 212 Å². The maximum atomic E-state index is 14.8. The van der Waals surface area contributed by atoms with Crippen molar-refractivity contribution < 1.29 is 28.2 Å². The van der Waals surface area contributed by atoms with Gasteiger partial charge in [-0.25, -0.2) is 18.2 Å². The molecule has 0 radical (unpaired) electrons. The van der Waals surface area contributed by atoms with Crippen LogP contribution in [-0.4, -0.2) is 38.2 Å². The van der Waals surface area contributed by atoms with Gasteiger partial charge >= 0.3 is 0 Å². The number of aliphatic hydroxyl groups excluding tert-OH is 1. The molecule has 37 heavy (non-hydrogen) atoms. The second-order valence-electron chi connectivity index (χ2n) is 10.1. The summed E-state index contributed by atoms with van der Waals surface area (Å²) in [5, 5.41) is 23.0. The topological polar surface area (TPSA) is 121 Å². The van der Waals surface area contributed by atoms with Crippen LogP contribution >= 0.6 is 0 Å². The van der Waals surface area contributed by atoms with E-state index in [4.69, 9.17) is 5.73 Å². The van der Waals surface area contributed by atoms with Gasteiger partial charge in [0.05, 0.1) is 29.2 Å². The van der Waals surface area contributed by atoms with E-state index in [2.05, 4.69) is 15.3 Å². The highest BCUT2D eigenvalue weighted by Gasteiger charge is 2.34. The minimum atomic E-state index is -1.52. The van der Waals surface area contributed by atoms with Crippen LogP contribution in [0.15, 0.2) is 42.7 Å². The molecule has 7 nitrogen and oxygen atoms in total. The number of rotatable bonds is 5. The van der Waals surface area contributed by atoms with Crippen molar-refractivity contribution in [2.75, 3.05) is 5.32 Å². The lowest BCUT2D eigenvalue weighted by Crippen LogP contribution is -2.44. The van der Waals surface area contributed by atoms with E-state index in [9.17, 15) is 28.2 Å². The zero-order valence-electron chi connectivity index (χ0n) is 20.7. The van der Waals surface area contributed by atoms with Gasteiger partial charge in [0.2, 0.25) is 0 Å². The number of nitrogens with zero attached hydrogens (tertiary/aromatic N) is 2. The number of hydrogen-bond acceptors (Lipinski definition) is 6. The van der Waals surface area contributed by atoms with Gasteiger partial charge in [-0.1, -0.05) is 6.92 Å². The van der Waals surface area contributed by atoms with E-state index in [0.717, 1.165) is 29.8 Å². The second-order valence-corrected chi connectivity index (χ2v) is 10.1. The third-order valence-electron chi connectivity index (χ3n) is 6.84. The maximum Gasteiger partial charge on any atom is 0.274 e. The van der Waals surface area contributed by atoms with E-state index in [1.165, 1.54) is 20.0 Å². The van der Waals surface area contributed by atoms with Crippen LogP contribution in [0.2, 0.25) is 0 Å². The highest BCUT2D eigenvalue weighted by molar-refractivity contribution is 6.03. The fourth-order valence-corrected chi connectivity index (χ4v) is 4.78. The van der Waals surface area contributed by atoms with E-state index >= 15 is 0 Å². The molecule has 0 spiro atoms. The monoisotopic (exact) mass is 514 g/mol. The third kappa shape index (κ3) is 5.51. The van der Waals surface area contributed by atoms with Gasteiger partial charge < -0.3 is 21.3 Å². The summed E-state index contributed by atoms with van der Waals surface area (Å²) in [6, 6.07) is 5.17. The molecule has 1 fully saturated rings. The van der Waals surface area contributed by atoms with Gasteiger partial charge in [-0.3, -0.25) is 9.78 Å². The molecule has 10 heteroatoms. The first-order chi connectivity index (χ1) is 17.4. The first kappa shape index (κ1) is 26.7. The Morgan fingerprint density at radius 1 is 1.11 bits per heavy atom. The number of halogens is 3. The lowest BCUT2D eigenvalue weighted by Gasteiger charge is -2.36. The highest BCUT2D eigenvalue weighted by Crippen LogP contribution is 2.38. The predicted molar refractivity (Wildman–Crippen MR) is 132 cm³/mol. The molecule has 4 atom stereocenters. The van der Waals surface area contributed by atoms with E-state index < -0.39 is 52.4 Å². The molecule has 1 aliphatic carbocycles. The third-order valence-corrected chi connectivity index (χ3v) is 6.84. The predicted octanol–water partition coefficient (Wildman–Crippen LogP) is 4.24. The summed E-state index contributed by atoms with van der Waals surface area (Å²) in [5.41, 5.74) is 4.05. The summed E-state index contributed by atoms with van der Waals surface area (Å²) >= 11 is 0. The van der Waals surface area contributed by atoms with Crippen molar-refractivity contribution in [2.24, 2.45) is 11.7 Å². The Morgan fingerprint density at radius 2 is 1.78 bits per heavy atom. The van der Waals surface area contributed by atoms with Crippen LogP contribution in [0.4, 0.5) is 18.9 Å². The quantitative estimate of drug-likeness (QED) is 0.404. The lowest BCUT2D eigenvalue weighted by atomic mass is 9.74. The molecule has 1 aliphatic rings. The molecule has 0 unspecified atom stereocenters. The number of nitrogens with one attached hydrogen (secondary N) is 1. The number of hydrogen-bond donors (Lipinski definition) is 4. The van der Waals surface area contributed by atoms with Crippen molar-refractivity contribution in [3.8, 4) is 11.3 Å². The molecule has 5 N–H and O–H groups in total. The number of carbonyl (C=O) groups is 1. The number of amides is 1. The van der Waals surface area contributed by atoms with Gasteiger partial charge in [-0.2, -0.15) is 0 Å². The van der Waals surface area contributed by atoms with Crippen molar-refractivity contribution in [1.82, 2.24) is 9.97 Å². The Bertz CT molecular complexity index is 1290. The average molecular weight is 515 g/mol. The van der Waals surface area contributed by atoms with Gasteiger partial charge in [0, 0.05) is 12.2 Å². The minimum absolute atomic E-state index is 0.0334. The zero-order chi connectivity index (χ0) is 27.1. The first-order valence-electron chi connectivity index (χ1n) is 11.9. The molecule has 0 aliphatic heterocycles. The molecule has 1 aromatic carbocycles. The Kier molecular flexibility index (Phi) is 7.36. The summed E-state index contributed by atoms with van der Waals surface area (Å²) in [7, 11) is 0. The largest absolute Gasteiger partial charge is 0.391 e. The fraction of sp³-hybridized carbons (Fsp3) is 0.370. The molecule has 1 amide bonds. The van der Waals surface area contributed by atoms with E-state index in [-0.39, 0.29) is 23.1 Å². The number of carbonyl (C=O) groups excluding carboxylic acids is 1. The van der Waals surface area contributed by atoms with Crippen molar-refractivity contribution >= 4 is 11.6 Å². The van der Waals surface area contributed by atoms with Gasteiger partial charge in [-0.15, -0.1) is 0 Å². The summed E-state index contributed by atoms with van der Waals surface area (Å²) in [6.45, 7) is 4.63. The number of benzene rings is 1. The summed E-state index contributed by atoms with van der Waals surface area (Å²) < 4.78 is 44.3. The second kappa shape index (κ2) is 10.2. The van der Waals surface area contributed by atoms with Crippen LogP contribution in [0.3, 0.4) is 0 Å². The van der Waals surface area contributed by atoms with E-state index in [1.54, 1.807) is 12.3 Å². The molecule has 2 aromatic heterocycles. The number of nitrogens with two attached hydrogens (primary N) is 1. The van der Waals surface area contributed by atoms with Gasteiger partial charge in [0.15, 0.2) is 0 Å². The summed E-state index contributed by atoms with van der Waals surface area (Å²) in [5.74, 6) is -4.07. The Balaban J connectivity index is 1.65. The number of anilines is 1. The SMILES string of the molecule is C[C@H]1C[C@@H](c2ccncc2NC(=O)c2ccc(F)c(-c3c(F)cc(C(C)(C)O)cc3F)n2)C[C@@H](N)[C@@H]1O. The van der Waals surface area contributed by atoms with Crippen LogP contribution in [-0.2, 0) is 5.60 Å². The standard InChI is InChI=1S/C27H29F3N4O3/c1-13-8-14(9-20(31)25(13)35)16-6-7-32-12-22(16)34-26(36)21-5-4-17(28)24(33-21)23-18(29)10-15(11-19(23)30)27(2,3)37/h4-7,10-14,20,25,35,37H,8-9,31H2,1-3H3,(H,34,36)/t13-,14+,20+,25+/m0/s1. The summed E-state index contributed by atoms with van der Waals surface area (Å²) in [6.07, 6.45) is 3.60. The minimum Gasteiger partial charge on any atom is -0.391 e. The molecule has 3 aromatic rings. The normalized spacial score (nSPS) is 22.1. The Hall–Kier alpha value is -3.34. The molecule has 4 rings (SSSR count). The van der Waals surface area contributed by atoms with Crippen LogP contribution in [0.1, 0.15) is 61.1 Å². The molecule has 2 heterocycles. The smallest absolute Gasteiger partial charge is 0.274 e. The van der Waals surface area contributed by atoms with Crippen molar-refractivity contribution in [2.45, 2.75) is 57.3 Å². The van der Waals surface area contributed by atoms with E-state index in [0.29, 0.717) is 18.5 Å². The average Bonchev–Trinajstić information content (AvgIpc) is 2.82. The zero-order valence-corrected chi connectivity index (χ0v) is 20.7. The fourth-order valence-electron chi connectivity index (χ4n) is 4.78. The molecule has 196 valence electrons. The maximum absolute atomic E-state index is 14.8. The van der Waals surface area contributed by atoms with Crippen molar-refractivity contribution in [3.63, 3.8) is 0 Å². The van der Waals surface area contributed by atoms with E-state index in [1.807, 2.05) is 6.92 Å². The highest BCUT2D eigenvalue weighted by atomic mass is 19.1. The van der Waals surface area contributed by atoms with Crippen LogP contribution in [0.5, 0.6) is 0 Å². The molecule has 1 saturated carbocycles. The molecule has 0 bridgehead atoms. The molecular weight excluding hydrogens is 485 g/mol. The van der Waals surface area contributed by atoms with Gasteiger partial charge in [-0.05, 0) is 80.0 Å². The summed E-state index contributed by atoms with van der Waals surface area (Å²) in [4.78, 5) is 21.1. The number of pyridine rings is 2. The Morgan fingerprint density at radius 3 is 2.41 bits per heavy atom. The number of aromatic nitrogens is 2. The van der Waals surface area contributed by atoms with Crippen molar-refractivity contribution in [3.05, 3.63) is 77.0 Å². The molecule has 0 saturated heterocycles.